The highest BCUT2D eigenvalue weighted by Gasteiger charge is 2.06. The van der Waals surface area contributed by atoms with Gasteiger partial charge in [-0.05, 0) is 60.3 Å². The van der Waals surface area contributed by atoms with Gasteiger partial charge in [-0.1, -0.05) is 6.07 Å². The predicted octanol–water partition coefficient (Wildman–Crippen LogP) is 3.53. The fourth-order valence-corrected chi connectivity index (χ4v) is 2.46. The third kappa shape index (κ3) is 2.99. The number of nitriles is 1. The molecule has 0 saturated heterocycles. The van der Waals surface area contributed by atoms with E-state index in [2.05, 4.69) is 22.4 Å². The van der Waals surface area contributed by atoms with Gasteiger partial charge in [0.1, 0.15) is 0 Å². The van der Waals surface area contributed by atoms with Crippen molar-refractivity contribution in [3.8, 4) is 6.07 Å². The van der Waals surface area contributed by atoms with Crippen LogP contribution in [-0.2, 0) is 11.2 Å². The van der Waals surface area contributed by atoms with Crippen LogP contribution in [0.4, 0.5) is 5.69 Å². The Labute approximate surface area is 128 Å². The molecule has 22 heavy (non-hydrogen) atoms. The minimum atomic E-state index is -0.0729. The zero-order valence-electron chi connectivity index (χ0n) is 12.2. The fraction of sp³-hybridized carbons (Fsp3) is 0.111. The van der Waals surface area contributed by atoms with Crippen molar-refractivity contribution >= 4 is 22.5 Å². The predicted molar refractivity (Wildman–Crippen MR) is 86.5 cm³/mol. The molecule has 0 spiro atoms. The number of carbonyl (C=O) groups excluding carboxylic acids is 1. The van der Waals surface area contributed by atoms with Gasteiger partial charge in [0.25, 0.3) is 0 Å². The second-order valence-electron chi connectivity index (χ2n) is 5.29. The molecule has 2 aromatic carbocycles. The second kappa shape index (κ2) is 5.74. The summed E-state index contributed by atoms with van der Waals surface area (Å²) in [6, 6.07) is 16.9. The number of hydrogen-bond donors (Lipinski definition) is 2. The fourth-order valence-electron chi connectivity index (χ4n) is 2.46. The Morgan fingerprint density at radius 3 is 2.68 bits per heavy atom. The zero-order chi connectivity index (χ0) is 15.5. The van der Waals surface area contributed by atoms with E-state index in [0.717, 1.165) is 22.2 Å². The molecule has 1 heterocycles. The molecule has 1 aromatic heterocycles. The molecule has 4 heteroatoms. The molecule has 0 atom stereocenters. The summed E-state index contributed by atoms with van der Waals surface area (Å²) in [6.45, 7) is 2.01. The van der Waals surface area contributed by atoms with Crippen molar-refractivity contribution in [2.24, 2.45) is 0 Å². The average Bonchev–Trinajstić information content (AvgIpc) is 2.87. The van der Waals surface area contributed by atoms with E-state index in [-0.39, 0.29) is 5.91 Å². The summed E-state index contributed by atoms with van der Waals surface area (Å²) in [5.74, 6) is -0.0729. The van der Waals surface area contributed by atoms with Crippen LogP contribution in [0, 0.1) is 18.3 Å². The van der Waals surface area contributed by atoms with E-state index < -0.39 is 0 Å². The normalized spacial score (nSPS) is 10.4. The van der Waals surface area contributed by atoms with Gasteiger partial charge >= 0.3 is 0 Å². The van der Waals surface area contributed by atoms with Gasteiger partial charge < -0.3 is 10.3 Å². The number of rotatable bonds is 3. The summed E-state index contributed by atoms with van der Waals surface area (Å²) in [6.07, 6.45) is 0.320. The quantitative estimate of drug-likeness (QED) is 0.774. The summed E-state index contributed by atoms with van der Waals surface area (Å²) in [5.41, 5.74) is 4.43. The lowest BCUT2D eigenvalue weighted by molar-refractivity contribution is -0.115. The number of benzene rings is 2. The number of aryl methyl sites for hydroxylation is 1. The van der Waals surface area contributed by atoms with Crippen molar-refractivity contribution in [1.82, 2.24) is 4.98 Å². The number of fused-ring (bicyclic) bond motifs is 1. The van der Waals surface area contributed by atoms with Crippen LogP contribution in [0.5, 0.6) is 0 Å². The van der Waals surface area contributed by atoms with Crippen LogP contribution in [0.15, 0.2) is 48.5 Å². The van der Waals surface area contributed by atoms with Gasteiger partial charge in [0, 0.05) is 16.9 Å². The number of nitrogens with zero attached hydrogens (tertiary/aromatic N) is 1. The van der Waals surface area contributed by atoms with Crippen molar-refractivity contribution in [2.75, 3.05) is 5.32 Å². The molecule has 3 aromatic rings. The summed E-state index contributed by atoms with van der Waals surface area (Å²) in [5, 5.41) is 12.7. The SMILES string of the molecule is Cc1cc2cc(CC(=O)Nc3ccc(C#N)cc3)ccc2[nH]1. The van der Waals surface area contributed by atoms with Crippen molar-refractivity contribution < 1.29 is 4.79 Å². The lowest BCUT2D eigenvalue weighted by Gasteiger charge is -2.05. The van der Waals surface area contributed by atoms with Gasteiger partial charge in [0.2, 0.25) is 5.91 Å². The Kier molecular flexibility index (Phi) is 3.63. The molecule has 0 aliphatic heterocycles. The molecule has 0 aliphatic carbocycles. The number of aromatic amines is 1. The van der Waals surface area contributed by atoms with E-state index in [1.165, 1.54) is 0 Å². The first kappa shape index (κ1) is 13.9. The summed E-state index contributed by atoms with van der Waals surface area (Å²) in [7, 11) is 0. The van der Waals surface area contributed by atoms with Crippen molar-refractivity contribution in [2.45, 2.75) is 13.3 Å². The van der Waals surface area contributed by atoms with Gasteiger partial charge in [0.15, 0.2) is 0 Å². The summed E-state index contributed by atoms with van der Waals surface area (Å²) >= 11 is 0. The number of aromatic nitrogens is 1. The molecule has 108 valence electrons. The highest BCUT2D eigenvalue weighted by Crippen LogP contribution is 2.17. The number of hydrogen-bond acceptors (Lipinski definition) is 2. The topological polar surface area (TPSA) is 68.7 Å². The van der Waals surface area contributed by atoms with E-state index >= 15 is 0 Å². The first-order valence-electron chi connectivity index (χ1n) is 7.02. The maximum Gasteiger partial charge on any atom is 0.228 e. The standard InChI is InChI=1S/C18H15N3O/c1-12-8-15-9-14(4-7-17(15)20-12)10-18(22)21-16-5-2-13(11-19)3-6-16/h2-9,20H,10H2,1H3,(H,21,22). The van der Waals surface area contributed by atoms with Gasteiger partial charge in [-0.2, -0.15) is 5.26 Å². The second-order valence-corrected chi connectivity index (χ2v) is 5.29. The first-order valence-corrected chi connectivity index (χ1v) is 7.02. The Hall–Kier alpha value is -3.06. The van der Waals surface area contributed by atoms with E-state index in [1.807, 2.05) is 25.1 Å². The number of nitrogens with one attached hydrogen (secondary N) is 2. The Morgan fingerprint density at radius 1 is 1.18 bits per heavy atom. The maximum atomic E-state index is 12.1. The Balaban J connectivity index is 1.70. The van der Waals surface area contributed by atoms with Crippen molar-refractivity contribution in [1.29, 1.82) is 5.26 Å². The molecular weight excluding hydrogens is 274 g/mol. The highest BCUT2D eigenvalue weighted by atomic mass is 16.1. The number of carbonyl (C=O) groups is 1. The van der Waals surface area contributed by atoms with Crippen LogP contribution in [0.3, 0.4) is 0 Å². The average molecular weight is 289 g/mol. The van der Waals surface area contributed by atoms with E-state index in [4.69, 9.17) is 5.26 Å². The van der Waals surface area contributed by atoms with Crippen LogP contribution in [0.2, 0.25) is 0 Å². The van der Waals surface area contributed by atoms with Crippen molar-refractivity contribution in [3.05, 3.63) is 65.4 Å². The minimum Gasteiger partial charge on any atom is -0.359 e. The van der Waals surface area contributed by atoms with Crippen LogP contribution >= 0.6 is 0 Å². The van der Waals surface area contributed by atoms with Gasteiger partial charge in [-0.25, -0.2) is 0 Å². The molecule has 0 aliphatic rings. The number of H-pyrrole nitrogens is 1. The molecule has 3 rings (SSSR count). The molecule has 0 fully saturated rings. The molecule has 0 radical (unpaired) electrons. The van der Waals surface area contributed by atoms with Gasteiger partial charge in [0.05, 0.1) is 18.1 Å². The van der Waals surface area contributed by atoms with Crippen LogP contribution in [-0.4, -0.2) is 10.9 Å². The van der Waals surface area contributed by atoms with Gasteiger partial charge in [-0.3, -0.25) is 4.79 Å². The zero-order valence-corrected chi connectivity index (χ0v) is 12.2. The van der Waals surface area contributed by atoms with E-state index in [1.54, 1.807) is 24.3 Å². The lowest BCUT2D eigenvalue weighted by Crippen LogP contribution is -2.14. The molecule has 0 bridgehead atoms. The molecule has 1 amide bonds. The van der Waals surface area contributed by atoms with Crippen molar-refractivity contribution in [3.63, 3.8) is 0 Å². The molecule has 0 unspecified atom stereocenters. The Bertz CT molecular complexity index is 869. The third-order valence-electron chi connectivity index (χ3n) is 3.48. The van der Waals surface area contributed by atoms with E-state index in [0.29, 0.717) is 17.7 Å². The van der Waals surface area contributed by atoms with E-state index in [9.17, 15) is 4.79 Å². The highest BCUT2D eigenvalue weighted by molar-refractivity contribution is 5.93. The van der Waals surface area contributed by atoms with Gasteiger partial charge in [-0.15, -0.1) is 0 Å². The minimum absolute atomic E-state index is 0.0729. The third-order valence-corrected chi connectivity index (χ3v) is 3.48. The van der Waals surface area contributed by atoms with Crippen LogP contribution in [0.25, 0.3) is 10.9 Å². The van der Waals surface area contributed by atoms with Crippen LogP contribution in [0.1, 0.15) is 16.8 Å². The number of amides is 1. The monoisotopic (exact) mass is 289 g/mol. The van der Waals surface area contributed by atoms with Crippen LogP contribution < -0.4 is 5.32 Å². The first-order chi connectivity index (χ1) is 10.6. The summed E-state index contributed by atoms with van der Waals surface area (Å²) in [4.78, 5) is 15.4. The number of anilines is 1. The Morgan fingerprint density at radius 2 is 1.95 bits per heavy atom. The maximum absolute atomic E-state index is 12.1. The molecule has 0 saturated carbocycles. The summed E-state index contributed by atoms with van der Waals surface area (Å²) < 4.78 is 0. The molecule has 4 nitrogen and oxygen atoms in total. The molecule has 2 N–H and O–H groups in total. The largest absolute Gasteiger partial charge is 0.359 e. The smallest absolute Gasteiger partial charge is 0.228 e. The molecular formula is C18H15N3O. The lowest BCUT2D eigenvalue weighted by atomic mass is 10.1.